The van der Waals surface area contributed by atoms with Crippen LogP contribution in [-0.2, 0) is 16.0 Å². The fourth-order valence-electron chi connectivity index (χ4n) is 2.14. The quantitative estimate of drug-likeness (QED) is 0.565. The number of aliphatic carboxylic acids is 1. The van der Waals surface area contributed by atoms with Gasteiger partial charge < -0.3 is 10.4 Å². The topological polar surface area (TPSA) is 110 Å². The summed E-state index contributed by atoms with van der Waals surface area (Å²) in [5.41, 5.74) is 0.889. The Morgan fingerprint density at radius 3 is 2.64 bits per heavy atom. The van der Waals surface area contributed by atoms with E-state index in [1.165, 1.54) is 12.1 Å². The van der Waals surface area contributed by atoms with E-state index in [2.05, 4.69) is 5.32 Å². The molecule has 7 nitrogen and oxygen atoms in total. The molecule has 120 valence electrons. The highest BCUT2D eigenvalue weighted by Gasteiger charge is 2.21. The standard InChI is InChI=1S/C15H20N2O5/c1-3-4-7-12(15(19)20)16-14(18)9-11-6-5-8-13(10(11)2)17(21)22/h5-6,8,12H,3-4,7,9H2,1-2H3,(H,16,18)(H,19,20)/t12-/m0/s1. The summed E-state index contributed by atoms with van der Waals surface area (Å²) >= 11 is 0. The zero-order valence-corrected chi connectivity index (χ0v) is 12.7. The van der Waals surface area contributed by atoms with Crippen molar-refractivity contribution < 1.29 is 19.6 Å². The van der Waals surface area contributed by atoms with Crippen LogP contribution in [0.1, 0.15) is 37.3 Å². The zero-order valence-electron chi connectivity index (χ0n) is 12.7. The van der Waals surface area contributed by atoms with E-state index in [1.807, 2.05) is 6.92 Å². The van der Waals surface area contributed by atoms with Gasteiger partial charge in [-0.3, -0.25) is 14.9 Å². The molecule has 22 heavy (non-hydrogen) atoms. The first-order valence-electron chi connectivity index (χ1n) is 7.11. The van der Waals surface area contributed by atoms with E-state index in [9.17, 15) is 19.7 Å². The van der Waals surface area contributed by atoms with Gasteiger partial charge in [0.2, 0.25) is 5.91 Å². The van der Waals surface area contributed by atoms with Crippen LogP contribution in [0.15, 0.2) is 18.2 Å². The van der Waals surface area contributed by atoms with Gasteiger partial charge in [-0.05, 0) is 18.9 Å². The van der Waals surface area contributed by atoms with Crippen molar-refractivity contribution in [1.82, 2.24) is 5.32 Å². The number of benzene rings is 1. The lowest BCUT2D eigenvalue weighted by atomic mass is 10.0. The minimum Gasteiger partial charge on any atom is -0.480 e. The van der Waals surface area contributed by atoms with Gasteiger partial charge in [-0.1, -0.05) is 31.9 Å². The first-order valence-corrected chi connectivity index (χ1v) is 7.11. The van der Waals surface area contributed by atoms with Crippen molar-refractivity contribution in [2.24, 2.45) is 0 Å². The molecular weight excluding hydrogens is 288 g/mol. The molecule has 0 unspecified atom stereocenters. The molecule has 0 saturated carbocycles. The first-order chi connectivity index (χ1) is 10.4. The van der Waals surface area contributed by atoms with E-state index in [-0.39, 0.29) is 12.1 Å². The molecule has 0 heterocycles. The van der Waals surface area contributed by atoms with Crippen molar-refractivity contribution in [3.8, 4) is 0 Å². The summed E-state index contributed by atoms with van der Waals surface area (Å²) in [6, 6.07) is 3.59. The summed E-state index contributed by atoms with van der Waals surface area (Å²) < 4.78 is 0. The molecule has 0 aliphatic carbocycles. The molecule has 0 bridgehead atoms. The molecular formula is C15H20N2O5. The lowest BCUT2D eigenvalue weighted by Crippen LogP contribution is -2.41. The number of carboxylic acids is 1. The van der Waals surface area contributed by atoms with E-state index >= 15 is 0 Å². The maximum Gasteiger partial charge on any atom is 0.326 e. The molecule has 1 amide bonds. The highest BCUT2D eigenvalue weighted by Crippen LogP contribution is 2.21. The molecule has 2 N–H and O–H groups in total. The molecule has 1 aromatic rings. The fraction of sp³-hybridized carbons (Fsp3) is 0.467. The van der Waals surface area contributed by atoms with Gasteiger partial charge in [0, 0.05) is 11.6 Å². The summed E-state index contributed by atoms with van der Waals surface area (Å²) in [5, 5.41) is 22.4. The number of rotatable bonds is 8. The first kappa shape index (κ1) is 17.6. The molecule has 0 saturated heterocycles. The minimum atomic E-state index is -1.07. The molecule has 1 atom stereocenters. The lowest BCUT2D eigenvalue weighted by molar-refractivity contribution is -0.385. The molecule has 1 aromatic carbocycles. The maximum atomic E-state index is 12.0. The number of carbonyl (C=O) groups excluding carboxylic acids is 1. The van der Waals surface area contributed by atoms with Gasteiger partial charge in [0.25, 0.3) is 5.69 Å². The summed E-state index contributed by atoms with van der Waals surface area (Å²) in [6.45, 7) is 3.51. The van der Waals surface area contributed by atoms with Crippen molar-refractivity contribution >= 4 is 17.6 Å². The van der Waals surface area contributed by atoms with Gasteiger partial charge in [-0.15, -0.1) is 0 Å². The van der Waals surface area contributed by atoms with Crippen LogP contribution in [0, 0.1) is 17.0 Å². The van der Waals surface area contributed by atoms with Crippen molar-refractivity contribution in [2.75, 3.05) is 0 Å². The largest absolute Gasteiger partial charge is 0.480 e. The average molecular weight is 308 g/mol. The maximum absolute atomic E-state index is 12.0. The smallest absolute Gasteiger partial charge is 0.326 e. The van der Waals surface area contributed by atoms with Crippen LogP contribution in [-0.4, -0.2) is 27.9 Å². The Kier molecular flexibility index (Phi) is 6.49. The van der Waals surface area contributed by atoms with Crippen LogP contribution in [0.25, 0.3) is 0 Å². The van der Waals surface area contributed by atoms with Crippen molar-refractivity contribution in [1.29, 1.82) is 0 Å². The molecule has 1 rings (SSSR count). The van der Waals surface area contributed by atoms with Crippen LogP contribution in [0.3, 0.4) is 0 Å². The Hall–Kier alpha value is -2.44. The predicted octanol–water partition coefficient (Wildman–Crippen LogP) is 2.21. The van der Waals surface area contributed by atoms with Crippen LogP contribution in [0.5, 0.6) is 0 Å². The Morgan fingerprint density at radius 2 is 2.09 bits per heavy atom. The molecule has 0 aliphatic rings. The molecule has 0 radical (unpaired) electrons. The third-order valence-corrected chi connectivity index (χ3v) is 3.44. The van der Waals surface area contributed by atoms with Crippen molar-refractivity contribution in [3.63, 3.8) is 0 Å². The average Bonchev–Trinajstić information content (AvgIpc) is 2.45. The second kappa shape index (κ2) is 8.11. The Balaban J connectivity index is 2.78. The highest BCUT2D eigenvalue weighted by molar-refractivity contribution is 5.85. The predicted molar refractivity (Wildman–Crippen MR) is 80.6 cm³/mol. The summed E-state index contributed by atoms with van der Waals surface area (Å²) in [6.07, 6.45) is 1.83. The third-order valence-electron chi connectivity index (χ3n) is 3.44. The van der Waals surface area contributed by atoms with Crippen LogP contribution in [0.4, 0.5) is 5.69 Å². The van der Waals surface area contributed by atoms with Gasteiger partial charge in [0.05, 0.1) is 11.3 Å². The van der Waals surface area contributed by atoms with E-state index in [0.29, 0.717) is 24.0 Å². The number of nitro groups is 1. The number of nitrogens with zero attached hydrogens (tertiary/aromatic N) is 1. The van der Waals surface area contributed by atoms with Gasteiger partial charge in [0.15, 0.2) is 0 Å². The van der Waals surface area contributed by atoms with E-state index in [1.54, 1.807) is 13.0 Å². The van der Waals surface area contributed by atoms with Crippen LogP contribution >= 0.6 is 0 Å². The monoisotopic (exact) mass is 308 g/mol. The molecule has 0 aromatic heterocycles. The minimum absolute atomic E-state index is 0.0499. The number of carbonyl (C=O) groups is 2. The van der Waals surface area contributed by atoms with Gasteiger partial charge in [0.1, 0.15) is 6.04 Å². The van der Waals surface area contributed by atoms with E-state index < -0.39 is 22.8 Å². The molecule has 7 heteroatoms. The number of carboxylic acid groups (broad SMARTS) is 1. The Labute approximate surface area is 128 Å². The molecule has 0 spiro atoms. The molecule has 0 aliphatic heterocycles. The Morgan fingerprint density at radius 1 is 1.41 bits per heavy atom. The van der Waals surface area contributed by atoms with Crippen LogP contribution in [0.2, 0.25) is 0 Å². The summed E-state index contributed by atoms with van der Waals surface area (Å²) in [4.78, 5) is 33.4. The van der Waals surface area contributed by atoms with E-state index in [0.717, 1.165) is 6.42 Å². The summed E-state index contributed by atoms with van der Waals surface area (Å²) in [7, 11) is 0. The lowest BCUT2D eigenvalue weighted by Gasteiger charge is -2.14. The fourth-order valence-corrected chi connectivity index (χ4v) is 2.14. The third kappa shape index (κ3) is 4.83. The zero-order chi connectivity index (χ0) is 16.7. The van der Waals surface area contributed by atoms with Crippen molar-refractivity contribution in [2.45, 2.75) is 45.6 Å². The normalized spacial score (nSPS) is 11.7. The number of nitrogens with one attached hydrogen (secondary N) is 1. The SMILES string of the molecule is CCCC[C@H](NC(=O)Cc1cccc([N+](=O)[O-])c1C)C(=O)O. The summed E-state index contributed by atoms with van der Waals surface area (Å²) in [5.74, 6) is -1.52. The number of hydrogen-bond donors (Lipinski definition) is 2. The number of nitro benzene ring substituents is 1. The number of hydrogen-bond acceptors (Lipinski definition) is 4. The molecule has 0 fully saturated rings. The van der Waals surface area contributed by atoms with Gasteiger partial charge in [-0.2, -0.15) is 0 Å². The second-order valence-corrected chi connectivity index (χ2v) is 5.10. The van der Waals surface area contributed by atoms with E-state index in [4.69, 9.17) is 5.11 Å². The second-order valence-electron chi connectivity index (χ2n) is 5.10. The highest BCUT2D eigenvalue weighted by atomic mass is 16.6. The number of amides is 1. The Bertz CT molecular complexity index is 571. The number of unbranched alkanes of at least 4 members (excludes halogenated alkanes) is 1. The van der Waals surface area contributed by atoms with Crippen molar-refractivity contribution in [3.05, 3.63) is 39.4 Å². The van der Waals surface area contributed by atoms with Crippen LogP contribution < -0.4 is 5.32 Å². The van der Waals surface area contributed by atoms with Gasteiger partial charge in [-0.25, -0.2) is 4.79 Å². The van der Waals surface area contributed by atoms with Gasteiger partial charge >= 0.3 is 5.97 Å².